The minimum Gasteiger partial charge on any atom is -0.346 e. The molecule has 0 aromatic heterocycles. The predicted molar refractivity (Wildman–Crippen MR) is 82.1 cm³/mol. The summed E-state index contributed by atoms with van der Waals surface area (Å²) < 4.78 is 11.4. The molecule has 4 aliphatic carbocycles. The van der Waals surface area contributed by atoms with Gasteiger partial charge in [-0.3, -0.25) is 9.59 Å². The molecular weight excluding hydrogens is 280 g/mol. The molecule has 0 saturated heterocycles. The maximum Gasteiger partial charge on any atom is 0.238 e. The standard InChI is InChI=1S/C18H24O4/c1-5-8-16(2)13-11-12-6-9-17(13,10-7-14(16)19)18(21-3,22-4)15(12)20/h5,7,10,12-13H,1,6,8-9,11H2,2-4H3/t12-,13?,16?,17-/m0/s1. The molecule has 4 aliphatic rings. The van der Waals surface area contributed by atoms with Gasteiger partial charge in [-0.25, -0.2) is 0 Å². The van der Waals surface area contributed by atoms with Crippen molar-refractivity contribution in [3.05, 3.63) is 24.8 Å². The molecular formula is C18H24O4. The molecule has 4 rings (SSSR count). The van der Waals surface area contributed by atoms with Crippen LogP contribution in [-0.2, 0) is 19.1 Å². The van der Waals surface area contributed by atoms with Crippen LogP contribution in [0.4, 0.5) is 0 Å². The van der Waals surface area contributed by atoms with Crippen LogP contribution < -0.4 is 0 Å². The molecule has 1 spiro atoms. The molecule has 22 heavy (non-hydrogen) atoms. The fraction of sp³-hybridized carbons (Fsp3) is 0.667. The summed E-state index contributed by atoms with van der Waals surface area (Å²) in [7, 11) is 3.06. The Labute approximate surface area is 131 Å². The van der Waals surface area contributed by atoms with Crippen LogP contribution in [0.3, 0.4) is 0 Å². The number of ketones is 2. The molecule has 0 aromatic carbocycles. The Bertz CT molecular complexity index is 559. The molecule has 0 N–H and O–H groups in total. The van der Waals surface area contributed by atoms with Gasteiger partial charge in [0.2, 0.25) is 5.79 Å². The van der Waals surface area contributed by atoms with E-state index in [4.69, 9.17) is 9.47 Å². The van der Waals surface area contributed by atoms with E-state index in [1.165, 1.54) is 14.2 Å². The number of allylic oxidation sites excluding steroid dienone is 2. The summed E-state index contributed by atoms with van der Waals surface area (Å²) in [6.07, 6.45) is 8.31. The average molecular weight is 304 g/mol. The van der Waals surface area contributed by atoms with Crippen molar-refractivity contribution < 1.29 is 19.1 Å². The van der Waals surface area contributed by atoms with Gasteiger partial charge < -0.3 is 9.47 Å². The maximum absolute atomic E-state index is 12.9. The van der Waals surface area contributed by atoms with Crippen molar-refractivity contribution in [1.29, 1.82) is 0 Å². The van der Waals surface area contributed by atoms with Gasteiger partial charge in [0.05, 0.1) is 5.41 Å². The predicted octanol–water partition coefficient (Wildman–Crippen LogP) is 2.68. The van der Waals surface area contributed by atoms with Crippen molar-refractivity contribution in [2.24, 2.45) is 22.7 Å². The van der Waals surface area contributed by atoms with Crippen molar-refractivity contribution in [1.82, 2.24) is 0 Å². The highest BCUT2D eigenvalue weighted by Gasteiger charge is 2.72. The Kier molecular flexibility index (Phi) is 3.46. The second-order valence-corrected chi connectivity index (χ2v) is 7.06. The third-order valence-electron chi connectivity index (χ3n) is 6.36. The molecule has 4 heteroatoms. The zero-order chi connectivity index (χ0) is 16.2. The number of Topliss-reactive ketones (excluding diaryl/α,β-unsaturated/α-hetero) is 1. The largest absolute Gasteiger partial charge is 0.346 e. The molecule has 120 valence electrons. The van der Waals surface area contributed by atoms with Crippen molar-refractivity contribution in [3.63, 3.8) is 0 Å². The van der Waals surface area contributed by atoms with Gasteiger partial charge in [-0.15, -0.1) is 6.58 Å². The highest BCUT2D eigenvalue weighted by atomic mass is 16.7. The van der Waals surface area contributed by atoms with Crippen molar-refractivity contribution in [2.75, 3.05) is 14.2 Å². The van der Waals surface area contributed by atoms with Gasteiger partial charge in [0, 0.05) is 25.6 Å². The van der Waals surface area contributed by atoms with Crippen LogP contribution >= 0.6 is 0 Å². The number of ether oxygens (including phenoxy) is 2. The summed E-state index contributed by atoms with van der Waals surface area (Å²) in [6.45, 7) is 5.81. The first kappa shape index (κ1) is 15.6. The Morgan fingerprint density at radius 1 is 1.36 bits per heavy atom. The van der Waals surface area contributed by atoms with Crippen LogP contribution in [0.5, 0.6) is 0 Å². The number of rotatable bonds is 4. The monoisotopic (exact) mass is 304 g/mol. The lowest BCUT2D eigenvalue weighted by Crippen LogP contribution is -2.71. The van der Waals surface area contributed by atoms with Crippen LogP contribution in [-0.4, -0.2) is 31.6 Å². The Hall–Kier alpha value is -1.26. The first-order valence-corrected chi connectivity index (χ1v) is 7.91. The number of carbonyl (C=O) groups excluding carboxylic acids is 2. The summed E-state index contributed by atoms with van der Waals surface area (Å²) in [6, 6.07) is 0. The van der Waals surface area contributed by atoms with Gasteiger partial charge in [0.15, 0.2) is 11.6 Å². The molecule has 0 aromatic rings. The van der Waals surface area contributed by atoms with Crippen LogP contribution in [0.2, 0.25) is 0 Å². The van der Waals surface area contributed by atoms with Crippen LogP contribution in [0.25, 0.3) is 0 Å². The Morgan fingerprint density at radius 2 is 2.05 bits per heavy atom. The molecule has 4 atom stereocenters. The summed E-state index contributed by atoms with van der Waals surface area (Å²) in [5, 5.41) is 0. The highest BCUT2D eigenvalue weighted by Crippen LogP contribution is 2.66. The summed E-state index contributed by atoms with van der Waals surface area (Å²) >= 11 is 0. The first-order valence-electron chi connectivity index (χ1n) is 7.91. The number of hydrogen-bond donors (Lipinski definition) is 0. The van der Waals surface area contributed by atoms with E-state index in [0.717, 1.165) is 19.3 Å². The normalized spacial score (nSPS) is 42.3. The highest BCUT2D eigenvalue weighted by molar-refractivity contribution is 5.99. The number of hydrogen-bond acceptors (Lipinski definition) is 4. The second kappa shape index (κ2) is 4.87. The lowest BCUT2D eigenvalue weighted by atomic mass is 9.43. The molecule has 0 aliphatic heterocycles. The summed E-state index contributed by atoms with van der Waals surface area (Å²) in [4.78, 5) is 25.5. The zero-order valence-electron chi connectivity index (χ0n) is 13.6. The van der Waals surface area contributed by atoms with E-state index >= 15 is 0 Å². The van der Waals surface area contributed by atoms with E-state index in [1.807, 2.05) is 13.0 Å². The van der Waals surface area contributed by atoms with Crippen molar-refractivity contribution in [3.8, 4) is 0 Å². The smallest absolute Gasteiger partial charge is 0.238 e. The molecule has 3 fully saturated rings. The number of carbonyl (C=O) groups is 2. The first-order chi connectivity index (χ1) is 10.4. The topological polar surface area (TPSA) is 52.6 Å². The molecule has 0 heterocycles. The van der Waals surface area contributed by atoms with Gasteiger partial charge in [0.25, 0.3) is 0 Å². The van der Waals surface area contributed by atoms with Crippen molar-refractivity contribution in [2.45, 2.75) is 38.4 Å². The zero-order valence-corrected chi connectivity index (χ0v) is 13.6. The summed E-state index contributed by atoms with van der Waals surface area (Å²) in [5.74, 6) is -1.18. The minimum absolute atomic E-state index is 0.0277. The molecule has 2 unspecified atom stereocenters. The fourth-order valence-electron chi connectivity index (χ4n) is 5.26. The van der Waals surface area contributed by atoms with Crippen LogP contribution in [0, 0.1) is 22.7 Å². The van der Waals surface area contributed by atoms with Gasteiger partial charge >= 0.3 is 0 Å². The van der Waals surface area contributed by atoms with E-state index < -0.39 is 16.6 Å². The lowest BCUT2D eigenvalue weighted by Gasteiger charge is -2.63. The second-order valence-electron chi connectivity index (χ2n) is 7.06. The van der Waals surface area contributed by atoms with E-state index in [2.05, 4.69) is 6.58 Å². The third-order valence-corrected chi connectivity index (χ3v) is 6.36. The molecule has 0 radical (unpaired) electrons. The Morgan fingerprint density at radius 3 is 2.64 bits per heavy atom. The molecule has 4 nitrogen and oxygen atoms in total. The number of methoxy groups -OCH3 is 2. The molecule has 3 saturated carbocycles. The fourth-order valence-corrected chi connectivity index (χ4v) is 5.26. The van der Waals surface area contributed by atoms with Crippen molar-refractivity contribution >= 4 is 11.6 Å². The van der Waals surface area contributed by atoms with E-state index in [-0.39, 0.29) is 23.4 Å². The van der Waals surface area contributed by atoms with Gasteiger partial charge in [-0.05, 0) is 37.7 Å². The van der Waals surface area contributed by atoms with E-state index in [0.29, 0.717) is 6.42 Å². The Balaban J connectivity index is 2.22. The van der Waals surface area contributed by atoms with Crippen LogP contribution in [0.1, 0.15) is 32.6 Å². The summed E-state index contributed by atoms with van der Waals surface area (Å²) in [5.41, 5.74) is -1.10. The molecule has 2 bridgehead atoms. The minimum atomic E-state index is -1.27. The van der Waals surface area contributed by atoms with E-state index in [1.54, 1.807) is 12.2 Å². The third kappa shape index (κ3) is 1.55. The van der Waals surface area contributed by atoms with Gasteiger partial charge in [-0.2, -0.15) is 0 Å². The SMILES string of the molecule is C=CCC1(C)C(=O)C=C[C@@]23CC[C@@H](CC12)C(=O)C3(OC)OC. The van der Waals surface area contributed by atoms with Gasteiger partial charge in [-0.1, -0.05) is 19.1 Å². The number of fused-ring (bicyclic) bond motifs is 2. The average Bonchev–Trinajstić information content (AvgIpc) is 2.53. The van der Waals surface area contributed by atoms with Crippen LogP contribution in [0.15, 0.2) is 24.8 Å². The van der Waals surface area contributed by atoms with E-state index in [9.17, 15) is 9.59 Å². The quantitative estimate of drug-likeness (QED) is 0.592. The van der Waals surface area contributed by atoms with Gasteiger partial charge in [0.1, 0.15) is 0 Å². The lowest BCUT2D eigenvalue weighted by molar-refractivity contribution is -0.295. The maximum atomic E-state index is 12.9. The molecule has 0 amide bonds.